The number of nitrogens with zero attached hydrogens (tertiary/aromatic N) is 1. The van der Waals surface area contributed by atoms with Crippen molar-refractivity contribution >= 4 is 23.9 Å². The van der Waals surface area contributed by atoms with E-state index in [4.69, 9.17) is 14.2 Å². The Kier molecular flexibility index (Phi) is 11.2. The molecule has 2 fully saturated rings. The molecule has 11 heteroatoms. The van der Waals surface area contributed by atoms with Gasteiger partial charge in [-0.25, -0.2) is 9.59 Å². The van der Waals surface area contributed by atoms with Crippen molar-refractivity contribution in [2.75, 3.05) is 26.4 Å². The smallest absolute Gasteiger partial charge is 0.408 e. The van der Waals surface area contributed by atoms with E-state index in [0.717, 1.165) is 12.8 Å². The fraction of sp³-hybridized carbons (Fsp3) is 0.760. The molecule has 2 aliphatic rings. The maximum atomic E-state index is 13.5. The van der Waals surface area contributed by atoms with E-state index in [9.17, 15) is 24.3 Å². The normalized spacial score (nSPS) is 21.3. The number of nitrogens with one attached hydrogen (secondary N) is 2. The lowest BCUT2D eigenvalue weighted by atomic mass is 10.1. The Morgan fingerprint density at radius 3 is 2.47 bits per heavy atom. The van der Waals surface area contributed by atoms with Gasteiger partial charge < -0.3 is 34.9 Å². The van der Waals surface area contributed by atoms with Crippen LogP contribution in [0.15, 0.2) is 12.7 Å². The minimum Gasteiger partial charge on any atom is -0.464 e. The number of alkyl carbamates (subject to hydrolysis) is 1. The molecule has 0 spiro atoms. The number of β-amino-alcohol motifs (C(OH)–C–C–N with tert-alkyl or cyclic N) is 1. The molecule has 204 valence electrons. The zero-order valence-electron chi connectivity index (χ0n) is 21.8. The number of aliphatic hydroxyl groups is 1. The van der Waals surface area contributed by atoms with Gasteiger partial charge in [0, 0.05) is 19.6 Å². The van der Waals surface area contributed by atoms with E-state index in [1.165, 1.54) is 4.90 Å². The van der Waals surface area contributed by atoms with Gasteiger partial charge in [0.15, 0.2) is 0 Å². The molecule has 1 saturated heterocycles. The topological polar surface area (TPSA) is 143 Å². The molecule has 0 aromatic heterocycles. The average molecular weight is 512 g/mol. The van der Waals surface area contributed by atoms with Gasteiger partial charge in [-0.05, 0) is 59.3 Å². The highest BCUT2D eigenvalue weighted by Gasteiger charge is 2.45. The number of rotatable bonds is 13. The number of hydrogen-bond acceptors (Lipinski definition) is 8. The van der Waals surface area contributed by atoms with Crippen LogP contribution in [0, 0.1) is 5.92 Å². The Morgan fingerprint density at radius 2 is 1.89 bits per heavy atom. The SMILES string of the molecule is C=CCOCCC[C@H](NC(=O)OC(C)(C)C)C(=O)N1C[C@H](O)C[C@H]1C(=O)NC(C(=O)OCC)C1CC1. The molecule has 1 aliphatic carbocycles. The van der Waals surface area contributed by atoms with Gasteiger partial charge in [0.1, 0.15) is 23.7 Å². The maximum absolute atomic E-state index is 13.5. The van der Waals surface area contributed by atoms with E-state index in [2.05, 4.69) is 17.2 Å². The highest BCUT2D eigenvalue weighted by Crippen LogP contribution is 2.33. The Bertz CT molecular complexity index is 793. The van der Waals surface area contributed by atoms with Crippen LogP contribution < -0.4 is 10.6 Å². The zero-order valence-corrected chi connectivity index (χ0v) is 21.8. The van der Waals surface area contributed by atoms with E-state index in [-0.39, 0.29) is 31.9 Å². The predicted molar refractivity (Wildman–Crippen MR) is 131 cm³/mol. The van der Waals surface area contributed by atoms with Crippen molar-refractivity contribution in [1.82, 2.24) is 15.5 Å². The molecule has 2 rings (SSSR count). The standard InChI is InChI=1S/C25H41N3O8/c1-6-12-34-13-8-9-18(26-24(33)36-25(3,4)5)22(31)28-15-17(29)14-19(28)21(30)27-20(16-10-11-16)23(32)35-7-2/h6,16-20,29H,1,7-15H2,2-5H3,(H,26,33)(H,27,30)/t17-,18+,19+,20?/m1/s1. The van der Waals surface area contributed by atoms with Gasteiger partial charge in [-0.3, -0.25) is 9.59 Å². The lowest BCUT2D eigenvalue weighted by Crippen LogP contribution is -2.56. The van der Waals surface area contributed by atoms with Crippen LogP contribution in [0.4, 0.5) is 4.79 Å². The van der Waals surface area contributed by atoms with Crippen LogP contribution in [0.3, 0.4) is 0 Å². The Labute approximate surface area is 212 Å². The van der Waals surface area contributed by atoms with E-state index in [1.807, 2.05) is 0 Å². The number of likely N-dealkylation sites (tertiary alicyclic amines) is 1. The number of amides is 3. The summed E-state index contributed by atoms with van der Waals surface area (Å²) in [7, 11) is 0. The molecule has 0 aromatic carbocycles. The van der Waals surface area contributed by atoms with Gasteiger partial charge in [-0.15, -0.1) is 6.58 Å². The fourth-order valence-corrected chi connectivity index (χ4v) is 4.05. The van der Waals surface area contributed by atoms with Gasteiger partial charge in [0.05, 0.1) is 19.3 Å². The van der Waals surface area contributed by atoms with Crippen LogP contribution in [-0.4, -0.2) is 90.1 Å². The second kappa shape index (κ2) is 13.6. The highest BCUT2D eigenvalue weighted by molar-refractivity contribution is 5.93. The summed E-state index contributed by atoms with van der Waals surface area (Å²) in [5, 5.41) is 15.6. The summed E-state index contributed by atoms with van der Waals surface area (Å²) < 4.78 is 15.8. The first-order chi connectivity index (χ1) is 17.0. The third-order valence-electron chi connectivity index (χ3n) is 5.80. The molecule has 1 aliphatic heterocycles. The van der Waals surface area contributed by atoms with Crippen molar-refractivity contribution in [3.05, 3.63) is 12.7 Å². The minimum absolute atomic E-state index is 0.000581. The molecule has 1 saturated carbocycles. The summed E-state index contributed by atoms with van der Waals surface area (Å²) in [4.78, 5) is 52.7. The Balaban J connectivity index is 2.12. The molecular formula is C25H41N3O8. The van der Waals surface area contributed by atoms with Crippen molar-refractivity contribution in [2.24, 2.45) is 5.92 Å². The first-order valence-corrected chi connectivity index (χ1v) is 12.6. The van der Waals surface area contributed by atoms with E-state index >= 15 is 0 Å². The summed E-state index contributed by atoms with van der Waals surface area (Å²) in [6.07, 6.45) is 2.27. The Hall–Kier alpha value is -2.66. The van der Waals surface area contributed by atoms with E-state index in [1.54, 1.807) is 33.8 Å². The molecule has 36 heavy (non-hydrogen) atoms. The molecule has 0 aromatic rings. The van der Waals surface area contributed by atoms with E-state index < -0.39 is 53.7 Å². The summed E-state index contributed by atoms with van der Waals surface area (Å²) >= 11 is 0. The van der Waals surface area contributed by atoms with Crippen LogP contribution >= 0.6 is 0 Å². The van der Waals surface area contributed by atoms with Crippen molar-refractivity contribution in [1.29, 1.82) is 0 Å². The molecule has 3 amide bonds. The van der Waals surface area contributed by atoms with Crippen molar-refractivity contribution in [2.45, 2.75) is 89.6 Å². The van der Waals surface area contributed by atoms with Gasteiger partial charge in [0.2, 0.25) is 11.8 Å². The van der Waals surface area contributed by atoms with Crippen molar-refractivity contribution in [3.8, 4) is 0 Å². The van der Waals surface area contributed by atoms with Crippen molar-refractivity contribution < 1.29 is 38.5 Å². The molecule has 4 atom stereocenters. The highest BCUT2D eigenvalue weighted by atomic mass is 16.6. The van der Waals surface area contributed by atoms with Crippen LogP contribution in [0.2, 0.25) is 0 Å². The third kappa shape index (κ3) is 9.42. The first kappa shape index (κ1) is 29.6. The lowest BCUT2D eigenvalue weighted by molar-refractivity contribution is -0.149. The summed E-state index contributed by atoms with van der Waals surface area (Å²) in [6, 6.07) is -2.76. The molecule has 0 radical (unpaired) electrons. The van der Waals surface area contributed by atoms with Gasteiger partial charge >= 0.3 is 12.1 Å². The molecule has 3 N–H and O–H groups in total. The monoisotopic (exact) mass is 511 g/mol. The van der Waals surface area contributed by atoms with Crippen LogP contribution in [-0.2, 0) is 28.6 Å². The largest absolute Gasteiger partial charge is 0.464 e. The van der Waals surface area contributed by atoms with Gasteiger partial charge in [-0.1, -0.05) is 6.08 Å². The average Bonchev–Trinajstić information content (AvgIpc) is 3.55. The molecule has 1 heterocycles. The van der Waals surface area contributed by atoms with Gasteiger partial charge in [-0.2, -0.15) is 0 Å². The van der Waals surface area contributed by atoms with Crippen molar-refractivity contribution in [3.63, 3.8) is 0 Å². The Morgan fingerprint density at radius 1 is 1.19 bits per heavy atom. The quantitative estimate of drug-likeness (QED) is 0.191. The number of hydrogen-bond donors (Lipinski definition) is 3. The zero-order chi connectivity index (χ0) is 26.9. The fourth-order valence-electron chi connectivity index (χ4n) is 4.05. The number of esters is 1. The molecular weight excluding hydrogens is 470 g/mol. The minimum atomic E-state index is -0.989. The lowest BCUT2D eigenvalue weighted by Gasteiger charge is -2.30. The second-order valence-corrected chi connectivity index (χ2v) is 10.2. The summed E-state index contributed by atoms with van der Waals surface area (Å²) in [6.45, 7) is 11.3. The molecule has 0 bridgehead atoms. The predicted octanol–water partition coefficient (Wildman–Crippen LogP) is 1.28. The van der Waals surface area contributed by atoms with Crippen LogP contribution in [0.25, 0.3) is 0 Å². The number of carbonyl (C=O) groups is 4. The first-order valence-electron chi connectivity index (χ1n) is 12.6. The summed E-state index contributed by atoms with van der Waals surface area (Å²) in [5.74, 6) is -1.55. The number of aliphatic hydroxyl groups excluding tert-OH is 1. The van der Waals surface area contributed by atoms with Gasteiger partial charge in [0.25, 0.3) is 0 Å². The number of carbonyl (C=O) groups excluding carboxylic acids is 4. The maximum Gasteiger partial charge on any atom is 0.408 e. The molecule has 1 unspecified atom stereocenters. The number of ether oxygens (including phenoxy) is 3. The van der Waals surface area contributed by atoms with E-state index in [0.29, 0.717) is 19.6 Å². The third-order valence-corrected chi connectivity index (χ3v) is 5.80. The van der Waals surface area contributed by atoms with Crippen LogP contribution in [0.1, 0.15) is 59.8 Å². The summed E-state index contributed by atoms with van der Waals surface area (Å²) in [5.41, 5.74) is -0.762. The second-order valence-electron chi connectivity index (χ2n) is 10.2. The van der Waals surface area contributed by atoms with Crippen LogP contribution in [0.5, 0.6) is 0 Å². The molecule has 11 nitrogen and oxygen atoms in total.